The molecule has 0 fully saturated rings. The second-order valence-electron chi connectivity index (χ2n) is 5.66. The maximum Gasteiger partial charge on any atom is 0.234 e. The first-order valence-electron chi connectivity index (χ1n) is 7.70. The highest BCUT2D eigenvalue weighted by atomic mass is 35.5. The Morgan fingerprint density at radius 1 is 1.22 bits per heavy atom. The molecule has 1 amide bonds. The van der Waals surface area contributed by atoms with Gasteiger partial charge in [0.1, 0.15) is 5.75 Å². The van der Waals surface area contributed by atoms with Gasteiger partial charge < -0.3 is 20.1 Å². The van der Waals surface area contributed by atoms with Crippen LogP contribution in [-0.4, -0.2) is 39.8 Å². The van der Waals surface area contributed by atoms with E-state index in [1.165, 1.54) is 0 Å². The van der Waals surface area contributed by atoms with E-state index in [1.807, 2.05) is 24.3 Å². The summed E-state index contributed by atoms with van der Waals surface area (Å²) in [5, 5.41) is 6.15. The van der Waals surface area contributed by atoms with Crippen LogP contribution in [0.15, 0.2) is 24.3 Å². The lowest BCUT2D eigenvalue weighted by Gasteiger charge is -2.23. The molecule has 0 aliphatic heterocycles. The normalized spacial score (nSPS) is 11.7. The lowest BCUT2D eigenvalue weighted by atomic mass is 9.96. The number of hydrogen-bond donors (Lipinski definition) is 2. The van der Waals surface area contributed by atoms with Gasteiger partial charge in [0.2, 0.25) is 5.91 Å². The smallest absolute Gasteiger partial charge is 0.234 e. The van der Waals surface area contributed by atoms with Crippen molar-refractivity contribution in [1.82, 2.24) is 10.6 Å². The van der Waals surface area contributed by atoms with E-state index in [4.69, 9.17) is 9.47 Å². The number of hydrogen-bond acceptors (Lipinski definition) is 4. The van der Waals surface area contributed by atoms with Crippen LogP contribution in [0.1, 0.15) is 31.9 Å². The summed E-state index contributed by atoms with van der Waals surface area (Å²) in [4.78, 5) is 12.1. The SMILES string of the molecule is COCCNCC(=O)NC(CC(C)C)c1ccccc1OC.Cl. The number of carbonyl (C=O) groups is 1. The fourth-order valence-electron chi connectivity index (χ4n) is 2.31. The van der Waals surface area contributed by atoms with Gasteiger partial charge in [-0.05, 0) is 18.4 Å². The van der Waals surface area contributed by atoms with E-state index in [1.54, 1.807) is 14.2 Å². The maximum atomic E-state index is 12.1. The Morgan fingerprint density at radius 3 is 2.52 bits per heavy atom. The van der Waals surface area contributed by atoms with Crippen molar-refractivity contribution in [3.63, 3.8) is 0 Å². The van der Waals surface area contributed by atoms with Gasteiger partial charge in [-0.15, -0.1) is 12.4 Å². The van der Waals surface area contributed by atoms with Gasteiger partial charge in [0.05, 0.1) is 26.3 Å². The van der Waals surface area contributed by atoms with Crippen LogP contribution in [0.2, 0.25) is 0 Å². The minimum Gasteiger partial charge on any atom is -0.496 e. The second kappa shape index (κ2) is 12.2. The Balaban J connectivity index is 0.00000484. The van der Waals surface area contributed by atoms with Crippen molar-refractivity contribution >= 4 is 18.3 Å². The monoisotopic (exact) mass is 344 g/mol. The molecule has 1 rings (SSSR count). The van der Waals surface area contributed by atoms with Crippen molar-refractivity contribution < 1.29 is 14.3 Å². The van der Waals surface area contributed by atoms with Gasteiger partial charge in [-0.2, -0.15) is 0 Å². The molecule has 23 heavy (non-hydrogen) atoms. The van der Waals surface area contributed by atoms with E-state index < -0.39 is 0 Å². The molecule has 6 heteroatoms. The molecule has 0 aromatic heterocycles. The van der Waals surface area contributed by atoms with Crippen LogP contribution < -0.4 is 15.4 Å². The van der Waals surface area contributed by atoms with Crippen molar-refractivity contribution in [2.45, 2.75) is 26.3 Å². The Kier molecular flexibility index (Phi) is 11.5. The summed E-state index contributed by atoms with van der Waals surface area (Å²) in [6, 6.07) is 7.78. The third kappa shape index (κ3) is 8.21. The zero-order valence-corrected chi connectivity index (χ0v) is 15.2. The van der Waals surface area contributed by atoms with E-state index >= 15 is 0 Å². The standard InChI is InChI=1S/C17H28N2O3.ClH/c1-13(2)11-15(14-7-5-6-8-16(14)22-4)19-17(20)12-18-9-10-21-3;/h5-8,13,15,18H,9-12H2,1-4H3,(H,19,20);1H. The first-order chi connectivity index (χ1) is 10.6. The molecule has 0 aliphatic rings. The number of rotatable bonds is 10. The molecule has 0 bridgehead atoms. The molecular weight excluding hydrogens is 316 g/mol. The molecule has 5 nitrogen and oxygen atoms in total. The second-order valence-corrected chi connectivity index (χ2v) is 5.66. The lowest BCUT2D eigenvalue weighted by molar-refractivity contribution is -0.121. The highest BCUT2D eigenvalue weighted by Gasteiger charge is 2.19. The van der Waals surface area contributed by atoms with Crippen LogP contribution in [0, 0.1) is 5.92 Å². The number of nitrogens with one attached hydrogen (secondary N) is 2. The fraction of sp³-hybridized carbons (Fsp3) is 0.588. The van der Waals surface area contributed by atoms with Crippen molar-refractivity contribution in [2.24, 2.45) is 5.92 Å². The average molecular weight is 345 g/mol. The zero-order chi connectivity index (χ0) is 16.4. The van der Waals surface area contributed by atoms with Crippen LogP contribution in [0.5, 0.6) is 5.75 Å². The van der Waals surface area contributed by atoms with Gasteiger partial charge in [0.15, 0.2) is 0 Å². The Morgan fingerprint density at radius 2 is 1.91 bits per heavy atom. The summed E-state index contributed by atoms with van der Waals surface area (Å²) in [5.41, 5.74) is 1.02. The Labute approximate surface area is 145 Å². The van der Waals surface area contributed by atoms with Crippen LogP contribution in [0.25, 0.3) is 0 Å². The molecule has 1 atom stereocenters. The largest absolute Gasteiger partial charge is 0.496 e. The molecule has 0 heterocycles. The number of halogens is 1. The molecule has 0 radical (unpaired) electrons. The topological polar surface area (TPSA) is 59.6 Å². The number of para-hydroxylation sites is 1. The third-order valence-electron chi connectivity index (χ3n) is 3.33. The minimum atomic E-state index is -0.0483. The molecule has 0 aliphatic carbocycles. The van der Waals surface area contributed by atoms with Gasteiger partial charge in [0.25, 0.3) is 0 Å². The van der Waals surface area contributed by atoms with Gasteiger partial charge in [-0.3, -0.25) is 4.79 Å². The molecule has 132 valence electrons. The molecule has 1 unspecified atom stereocenters. The van der Waals surface area contributed by atoms with Crippen molar-refractivity contribution in [3.8, 4) is 5.75 Å². The van der Waals surface area contributed by atoms with Crippen LogP contribution >= 0.6 is 12.4 Å². The fourth-order valence-corrected chi connectivity index (χ4v) is 2.31. The van der Waals surface area contributed by atoms with Crippen LogP contribution in [-0.2, 0) is 9.53 Å². The minimum absolute atomic E-state index is 0. The average Bonchev–Trinajstić information content (AvgIpc) is 2.50. The number of methoxy groups -OCH3 is 2. The molecule has 0 saturated carbocycles. The molecule has 1 aromatic carbocycles. The molecule has 2 N–H and O–H groups in total. The first kappa shape index (κ1) is 21.7. The van der Waals surface area contributed by atoms with Crippen molar-refractivity contribution in [1.29, 1.82) is 0 Å². The summed E-state index contributed by atoms with van der Waals surface area (Å²) in [5.74, 6) is 1.25. The summed E-state index contributed by atoms with van der Waals surface area (Å²) in [6.45, 7) is 5.83. The third-order valence-corrected chi connectivity index (χ3v) is 3.33. The predicted octanol–water partition coefficient (Wildman–Crippen LogP) is 2.56. The molecule has 0 saturated heterocycles. The predicted molar refractivity (Wildman–Crippen MR) is 95.3 cm³/mol. The highest BCUT2D eigenvalue weighted by molar-refractivity contribution is 5.85. The van der Waals surface area contributed by atoms with Crippen LogP contribution in [0.3, 0.4) is 0 Å². The van der Waals surface area contributed by atoms with Crippen LogP contribution in [0.4, 0.5) is 0 Å². The van der Waals surface area contributed by atoms with Crippen molar-refractivity contribution in [3.05, 3.63) is 29.8 Å². The number of carbonyl (C=O) groups excluding carboxylic acids is 1. The molecule has 0 spiro atoms. The van der Waals surface area contributed by atoms with E-state index in [-0.39, 0.29) is 30.9 Å². The van der Waals surface area contributed by atoms with Gasteiger partial charge in [-0.1, -0.05) is 32.0 Å². The summed E-state index contributed by atoms with van der Waals surface area (Å²) in [6.07, 6.45) is 0.865. The number of ether oxygens (including phenoxy) is 2. The summed E-state index contributed by atoms with van der Waals surface area (Å²) < 4.78 is 10.4. The van der Waals surface area contributed by atoms with Crippen molar-refractivity contribution in [2.75, 3.05) is 33.9 Å². The summed E-state index contributed by atoms with van der Waals surface area (Å²) in [7, 11) is 3.29. The van der Waals surface area contributed by atoms with E-state index in [2.05, 4.69) is 24.5 Å². The van der Waals surface area contributed by atoms with Gasteiger partial charge >= 0.3 is 0 Å². The summed E-state index contributed by atoms with van der Waals surface area (Å²) >= 11 is 0. The van der Waals surface area contributed by atoms with Gasteiger partial charge in [-0.25, -0.2) is 0 Å². The quantitative estimate of drug-likeness (QED) is 0.640. The van der Waals surface area contributed by atoms with E-state index in [9.17, 15) is 4.79 Å². The zero-order valence-electron chi connectivity index (χ0n) is 14.4. The number of benzene rings is 1. The highest BCUT2D eigenvalue weighted by Crippen LogP contribution is 2.29. The molecular formula is C17H29ClN2O3. The Hall–Kier alpha value is -1.30. The molecule has 1 aromatic rings. The number of amides is 1. The van der Waals surface area contributed by atoms with E-state index in [0.717, 1.165) is 17.7 Å². The first-order valence-corrected chi connectivity index (χ1v) is 7.70. The Bertz CT molecular complexity index is 455. The lowest BCUT2D eigenvalue weighted by Crippen LogP contribution is -2.37. The van der Waals surface area contributed by atoms with E-state index in [0.29, 0.717) is 19.1 Å². The maximum absolute atomic E-state index is 12.1. The van der Waals surface area contributed by atoms with Gasteiger partial charge in [0, 0.05) is 19.2 Å².